The highest BCUT2D eigenvalue weighted by atomic mass is 19.1. The molecule has 0 atom stereocenters. The number of nitrogens with one attached hydrogen (secondary N) is 1. The molecule has 0 aliphatic carbocycles. The van der Waals surface area contributed by atoms with Crippen LogP contribution in [0.3, 0.4) is 0 Å². The van der Waals surface area contributed by atoms with Gasteiger partial charge in [0.2, 0.25) is 0 Å². The molecule has 0 bridgehead atoms. The Morgan fingerprint density at radius 3 is 2.65 bits per heavy atom. The van der Waals surface area contributed by atoms with Gasteiger partial charge in [0.05, 0.1) is 11.4 Å². The van der Waals surface area contributed by atoms with Crippen LogP contribution in [0.5, 0.6) is 0 Å². The van der Waals surface area contributed by atoms with Crippen molar-refractivity contribution in [2.75, 3.05) is 5.32 Å². The molecule has 1 heterocycles. The fraction of sp³-hybridized carbons (Fsp3) is 0.118. The first-order valence-electron chi connectivity index (χ1n) is 7.26. The zero-order chi connectivity index (χ0) is 16.2. The molecule has 116 valence electrons. The number of aromatic nitrogens is 3. The third-order valence-corrected chi connectivity index (χ3v) is 3.40. The zero-order valence-electron chi connectivity index (χ0n) is 12.5. The van der Waals surface area contributed by atoms with Gasteiger partial charge < -0.3 is 5.32 Å². The molecule has 1 aromatic heterocycles. The highest BCUT2D eigenvalue weighted by molar-refractivity contribution is 6.03. The number of carbonyl (C=O) groups excluding carboxylic acids is 1. The second-order valence-electron chi connectivity index (χ2n) is 4.95. The van der Waals surface area contributed by atoms with Crippen LogP contribution in [-0.4, -0.2) is 20.9 Å². The summed E-state index contributed by atoms with van der Waals surface area (Å²) in [5.41, 5.74) is 2.15. The second-order valence-corrected chi connectivity index (χ2v) is 4.95. The largest absolute Gasteiger partial charge is 0.320 e. The molecule has 1 N–H and O–H groups in total. The molecule has 0 radical (unpaired) electrons. The molecular formula is C17H15FN4O. The Bertz CT molecular complexity index is 830. The summed E-state index contributed by atoms with van der Waals surface area (Å²) in [4.78, 5) is 12.4. The first-order valence-corrected chi connectivity index (χ1v) is 7.26. The Hall–Kier alpha value is -3.02. The minimum atomic E-state index is -0.411. The van der Waals surface area contributed by atoms with E-state index in [9.17, 15) is 9.18 Å². The van der Waals surface area contributed by atoms with Gasteiger partial charge in [-0.15, -0.1) is 5.10 Å². The van der Waals surface area contributed by atoms with Crippen molar-refractivity contribution in [1.82, 2.24) is 15.0 Å². The molecule has 0 saturated carbocycles. The molecule has 1 amide bonds. The molecular weight excluding hydrogens is 295 g/mol. The van der Waals surface area contributed by atoms with Gasteiger partial charge in [0, 0.05) is 5.69 Å². The number of rotatable bonds is 4. The summed E-state index contributed by atoms with van der Waals surface area (Å²) in [7, 11) is 0. The van der Waals surface area contributed by atoms with Gasteiger partial charge in [0.25, 0.3) is 5.91 Å². The van der Waals surface area contributed by atoms with Crippen molar-refractivity contribution in [2.45, 2.75) is 13.3 Å². The first kappa shape index (κ1) is 14.9. The van der Waals surface area contributed by atoms with E-state index in [0.717, 1.165) is 5.69 Å². The Kier molecular flexibility index (Phi) is 4.14. The van der Waals surface area contributed by atoms with Crippen LogP contribution in [-0.2, 0) is 6.42 Å². The van der Waals surface area contributed by atoms with Crippen LogP contribution in [0.4, 0.5) is 10.1 Å². The first-order chi connectivity index (χ1) is 11.2. The molecule has 0 saturated heterocycles. The Labute approximate surface area is 132 Å². The maximum Gasteiger partial charge on any atom is 0.278 e. The highest BCUT2D eigenvalue weighted by Crippen LogP contribution is 2.16. The SMILES string of the molecule is CCc1c(C(=O)Nc2cccc(F)c2)nnn1-c1ccccc1. The predicted octanol–water partition coefficient (Wildman–Crippen LogP) is 3.22. The lowest BCUT2D eigenvalue weighted by Crippen LogP contribution is -2.15. The molecule has 0 aliphatic heterocycles. The van der Waals surface area contributed by atoms with Crippen molar-refractivity contribution in [2.24, 2.45) is 0 Å². The van der Waals surface area contributed by atoms with E-state index in [0.29, 0.717) is 17.8 Å². The van der Waals surface area contributed by atoms with Crippen molar-refractivity contribution in [3.8, 4) is 5.69 Å². The van der Waals surface area contributed by atoms with E-state index < -0.39 is 11.7 Å². The van der Waals surface area contributed by atoms with Crippen molar-refractivity contribution in [1.29, 1.82) is 0 Å². The molecule has 3 aromatic rings. The maximum absolute atomic E-state index is 13.2. The summed E-state index contributed by atoms with van der Waals surface area (Å²) in [6.07, 6.45) is 0.591. The fourth-order valence-corrected chi connectivity index (χ4v) is 2.33. The van der Waals surface area contributed by atoms with E-state index in [4.69, 9.17) is 0 Å². The molecule has 23 heavy (non-hydrogen) atoms. The van der Waals surface area contributed by atoms with E-state index in [-0.39, 0.29) is 5.69 Å². The van der Waals surface area contributed by atoms with Crippen molar-refractivity contribution >= 4 is 11.6 Å². The molecule has 0 fully saturated rings. The number of hydrogen-bond acceptors (Lipinski definition) is 3. The van der Waals surface area contributed by atoms with E-state index in [1.54, 1.807) is 10.7 Å². The lowest BCUT2D eigenvalue weighted by atomic mass is 10.2. The topological polar surface area (TPSA) is 59.8 Å². The highest BCUT2D eigenvalue weighted by Gasteiger charge is 2.19. The van der Waals surface area contributed by atoms with Crippen LogP contribution in [0.1, 0.15) is 23.1 Å². The van der Waals surface area contributed by atoms with Gasteiger partial charge in [0.15, 0.2) is 5.69 Å². The molecule has 3 rings (SSSR count). The normalized spacial score (nSPS) is 10.5. The third kappa shape index (κ3) is 3.11. The number of hydrogen-bond donors (Lipinski definition) is 1. The number of benzene rings is 2. The summed E-state index contributed by atoms with van der Waals surface area (Å²) >= 11 is 0. The minimum Gasteiger partial charge on any atom is -0.320 e. The number of nitrogens with zero attached hydrogens (tertiary/aromatic N) is 3. The maximum atomic E-state index is 13.2. The van der Waals surface area contributed by atoms with Crippen molar-refractivity contribution < 1.29 is 9.18 Å². The average Bonchev–Trinajstić information content (AvgIpc) is 2.99. The van der Waals surface area contributed by atoms with E-state index in [1.807, 2.05) is 37.3 Å². The standard InChI is InChI=1S/C17H15FN4O/c1-2-15-16(17(23)19-13-8-6-7-12(18)11-13)20-21-22(15)14-9-4-3-5-10-14/h3-11H,2H2,1H3,(H,19,23). The monoisotopic (exact) mass is 310 g/mol. The lowest BCUT2D eigenvalue weighted by molar-refractivity contribution is 0.102. The summed E-state index contributed by atoms with van der Waals surface area (Å²) in [6, 6.07) is 15.2. The quantitative estimate of drug-likeness (QED) is 0.805. The van der Waals surface area contributed by atoms with Gasteiger partial charge in [-0.3, -0.25) is 4.79 Å². The Morgan fingerprint density at radius 1 is 1.17 bits per heavy atom. The van der Waals surface area contributed by atoms with Crippen LogP contribution >= 0.6 is 0 Å². The lowest BCUT2D eigenvalue weighted by Gasteiger charge is -2.07. The molecule has 0 spiro atoms. The van der Waals surface area contributed by atoms with Crippen molar-refractivity contribution in [3.05, 3.63) is 71.8 Å². The smallest absolute Gasteiger partial charge is 0.278 e. The minimum absolute atomic E-state index is 0.237. The number of carbonyl (C=O) groups is 1. The Morgan fingerprint density at radius 2 is 1.96 bits per heavy atom. The summed E-state index contributed by atoms with van der Waals surface area (Å²) in [6.45, 7) is 1.93. The molecule has 6 heteroatoms. The predicted molar refractivity (Wildman–Crippen MR) is 85.1 cm³/mol. The third-order valence-electron chi connectivity index (χ3n) is 3.40. The van der Waals surface area contributed by atoms with E-state index >= 15 is 0 Å². The number of halogens is 1. The average molecular weight is 310 g/mol. The van der Waals surface area contributed by atoms with Crippen LogP contribution < -0.4 is 5.32 Å². The number of anilines is 1. The van der Waals surface area contributed by atoms with Gasteiger partial charge in [-0.2, -0.15) is 0 Å². The summed E-state index contributed by atoms with van der Waals surface area (Å²) in [5.74, 6) is -0.818. The van der Waals surface area contributed by atoms with Crippen LogP contribution in [0.2, 0.25) is 0 Å². The molecule has 2 aromatic carbocycles. The Balaban J connectivity index is 1.91. The van der Waals surface area contributed by atoms with Crippen molar-refractivity contribution in [3.63, 3.8) is 0 Å². The van der Waals surface area contributed by atoms with Gasteiger partial charge >= 0.3 is 0 Å². The van der Waals surface area contributed by atoms with Crippen LogP contribution in [0, 0.1) is 5.82 Å². The molecule has 0 aliphatic rings. The molecule has 5 nitrogen and oxygen atoms in total. The van der Waals surface area contributed by atoms with Gasteiger partial charge in [-0.1, -0.05) is 36.4 Å². The van der Waals surface area contributed by atoms with E-state index in [1.165, 1.54) is 18.2 Å². The summed E-state index contributed by atoms with van der Waals surface area (Å²) < 4.78 is 14.8. The van der Waals surface area contributed by atoms with Gasteiger partial charge in [-0.25, -0.2) is 9.07 Å². The molecule has 0 unspecified atom stereocenters. The van der Waals surface area contributed by atoms with Crippen LogP contribution in [0.15, 0.2) is 54.6 Å². The van der Waals surface area contributed by atoms with E-state index in [2.05, 4.69) is 15.6 Å². The van der Waals surface area contributed by atoms with Crippen LogP contribution in [0.25, 0.3) is 5.69 Å². The second kappa shape index (κ2) is 6.39. The zero-order valence-corrected chi connectivity index (χ0v) is 12.5. The van der Waals surface area contributed by atoms with Gasteiger partial charge in [-0.05, 0) is 36.8 Å². The summed E-state index contributed by atoms with van der Waals surface area (Å²) in [5, 5.41) is 10.7. The van der Waals surface area contributed by atoms with Gasteiger partial charge in [0.1, 0.15) is 5.82 Å². The number of para-hydroxylation sites is 1. The number of amides is 1. The fourth-order valence-electron chi connectivity index (χ4n) is 2.33.